The molecule has 0 aliphatic heterocycles. The quantitative estimate of drug-likeness (QED) is 0.732. The number of benzene rings is 1. The van der Waals surface area contributed by atoms with Gasteiger partial charge >= 0.3 is 6.18 Å². The molecule has 0 spiro atoms. The highest BCUT2D eigenvalue weighted by molar-refractivity contribution is 7.99. The van der Waals surface area contributed by atoms with E-state index in [1.807, 2.05) is 6.07 Å². The molecule has 0 unspecified atom stereocenters. The monoisotopic (exact) mass is 327 g/mol. The minimum atomic E-state index is -4.56. The first-order valence-corrected chi connectivity index (χ1v) is 6.76. The van der Waals surface area contributed by atoms with Crippen LogP contribution in [0.25, 0.3) is 5.69 Å². The van der Waals surface area contributed by atoms with E-state index in [9.17, 15) is 13.2 Å². The summed E-state index contributed by atoms with van der Waals surface area (Å²) in [7, 11) is 1.24. The second kappa shape index (κ2) is 5.40. The number of hydrogen-bond donors (Lipinski definition) is 0. The molecule has 1 aromatic carbocycles. The van der Waals surface area contributed by atoms with Gasteiger partial charge in [0.05, 0.1) is 5.69 Å². The third-order valence-corrected chi connectivity index (χ3v) is 3.69. The van der Waals surface area contributed by atoms with E-state index < -0.39 is 12.0 Å². The van der Waals surface area contributed by atoms with Gasteiger partial charge in [0.25, 0.3) is 0 Å². The third kappa shape index (κ3) is 2.66. The fourth-order valence-electron chi connectivity index (χ4n) is 1.71. The first kappa shape index (κ1) is 14.5. The van der Waals surface area contributed by atoms with Crippen molar-refractivity contribution in [2.75, 3.05) is 0 Å². The summed E-state index contributed by atoms with van der Waals surface area (Å²) in [6.07, 6.45) is -4.56. The van der Waals surface area contributed by atoms with Crippen molar-refractivity contribution in [2.45, 2.75) is 16.5 Å². The van der Waals surface area contributed by atoms with Crippen LogP contribution in [0.5, 0.6) is 0 Å². The molecule has 0 amide bonds. The van der Waals surface area contributed by atoms with E-state index in [1.165, 1.54) is 11.7 Å². The maximum atomic E-state index is 12.7. The zero-order valence-corrected chi connectivity index (χ0v) is 11.9. The molecule has 7 nitrogen and oxygen atoms in total. The van der Waals surface area contributed by atoms with Crippen LogP contribution in [0.2, 0.25) is 0 Å². The van der Waals surface area contributed by atoms with E-state index in [1.54, 1.807) is 24.3 Å². The van der Waals surface area contributed by atoms with Gasteiger partial charge in [-0.3, -0.25) is 0 Å². The molecule has 3 rings (SSSR count). The minimum Gasteiger partial charge on any atom is -0.301 e. The smallest absolute Gasteiger partial charge is 0.301 e. The molecule has 0 fully saturated rings. The summed E-state index contributed by atoms with van der Waals surface area (Å²) in [4.78, 5) is 0. The van der Waals surface area contributed by atoms with Gasteiger partial charge in [0.2, 0.25) is 11.0 Å². The van der Waals surface area contributed by atoms with Gasteiger partial charge in [-0.2, -0.15) is 17.9 Å². The Kier molecular flexibility index (Phi) is 3.56. The van der Waals surface area contributed by atoms with Crippen LogP contribution in [0.1, 0.15) is 5.82 Å². The number of nitrogens with zero attached hydrogens (tertiary/aromatic N) is 7. The Balaban J connectivity index is 1.93. The van der Waals surface area contributed by atoms with E-state index in [4.69, 9.17) is 0 Å². The van der Waals surface area contributed by atoms with Crippen molar-refractivity contribution in [3.8, 4) is 5.69 Å². The lowest BCUT2D eigenvalue weighted by molar-refractivity contribution is -0.147. The number of para-hydroxylation sites is 1. The number of hydrogen-bond acceptors (Lipinski definition) is 6. The number of halogens is 3. The van der Waals surface area contributed by atoms with Crippen LogP contribution in [0, 0.1) is 0 Å². The van der Waals surface area contributed by atoms with Crippen LogP contribution in [0.4, 0.5) is 13.2 Å². The van der Waals surface area contributed by atoms with Crippen molar-refractivity contribution in [3.63, 3.8) is 0 Å². The largest absolute Gasteiger partial charge is 0.451 e. The summed E-state index contributed by atoms with van der Waals surface area (Å²) in [6, 6.07) is 8.99. The van der Waals surface area contributed by atoms with Crippen molar-refractivity contribution < 1.29 is 13.2 Å². The highest BCUT2D eigenvalue weighted by atomic mass is 32.2. The number of tetrazole rings is 1. The Hall–Kier alpha value is -2.43. The topological polar surface area (TPSA) is 74.3 Å². The normalized spacial score (nSPS) is 11.8. The fourth-order valence-corrected chi connectivity index (χ4v) is 2.48. The summed E-state index contributed by atoms with van der Waals surface area (Å²) < 4.78 is 40.4. The predicted octanol–water partition coefficient (Wildman–Crippen LogP) is 1.96. The molecular formula is C11H8F3N7S. The zero-order chi connectivity index (χ0) is 15.7. The van der Waals surface area contributed by atoms with Crippen LogP contribution in [0.3, 0.4) is 0 Å². The van der Waals surface area contributed by atoms with Crippen LogP contribution < -0.4 is 0 Å². The van der Waals surface area contributed by atoms with E-state index in [0.29, 0.717) is 5.69 Å². The molecule has 0 saturated heterocycles. The lowest BCUT2D eigenvalue weighted by atomic mass is 10.3. The Labute approximate surface area is 126 Å². The predicted molar refractivity (Wildman–Crippen MR) is 69.3 cm³/mol. The molecule has 0 aliphatic rings. The lowest BCUT2D eigenvalue weighted by Gasteiger charge is -2.06. The minimum absolute atomic E-state index is 0.0410. The molecule has 0 N–H and O–H groups in total. The molecule has 0 saturated carbocycles. The zero-order valence-electron chi connectivity index (χ0n) is 11.1. The van der Waals surface area contributed by atoms with Gasteiger partial charge in [0.1, 0.15) is 0 Å². The third-order valence-electron chi connectivity index (χ3n) is 2.71. The fraction of sp³-hybridized carbons (Fsp3) is 0.182. The van der Waals surface area contributed by atoms with Gasteiger partial charge < -0.3 is 4.57 Å². The van der Waals surface area contributed by atoms with Gasteiger partial charge in [-0.15, -0.1) is 15.3 Å². The molecule has 3 aromatic rings. The maximum Gasteiger partial charge on any atom is 0.451 e. The molecule has 2 heterocycles. The summed E-state index contributed by atoms with van der Waals surface area (Å²) in [5.41, 5.74) is 0.688. The summed E-state index contributed by atoms with van der Waals surface area (Å²) in [5.74, 6) is -1.08. The second-order valence-electron chi connectivity index (χ2n) is 4.17. The van der Waals surface area contributed by atoms with E-state index in [-0.39, 0.29) is 10.3 Å². The first-order chi connectivity index (χ1) is 10.5. The molecular weight excluding hydrogens is 319 g/mol. The summed E-state index contributed by atoms with van der Waals surface area (Å²) >= 11 is 0.895. The first-order valence-electron chi connectivity index (χ1n) is 5.95. The molecule has 0 aliphatic carbocycles. The van der Waals surface area contributed by atoms with Gasteiger partial charge in [-0.1, -0.05) is 18.2 Å². The van der Waals surface area contributed by atoms with E-state index in [0.717, 1.165) is 16.3 Å². The Morgan fingerprint density at radius 1 is 1.00 bits per heavy atom. The number of rotatable bonds is 3. The van der Waals surface area contributed by atoms with Crippen molar-refractivity contribution in [1.82, 2.24) is 35.0 Å². The number of aromatic nitrogens is 7. The van der Waals surface area contributed by atoms with Crippen molar-refractivity contribution in [3.05, 3.63) is 36.2 Å². The average molecular weight is 327 g/mol. The summed E-state index contributed by atoms with van der Waals surface area (Å²) in [5, 5.41) is 18.2. The molecule has 11 heteroatoms. The molecule has 22 heavy (non-hydrogen) atoms. The van der Waals surface area contributed by atoms with Gasteiger partial charge in [0.15, 0.2) is 5.16 Å². The molecule has 0 bridgehead atoms. The Morgan fingerprint density at radius 2 is 1.73 bits per heavy atom. The van der Waals surface area contributed by atoms with E-state index in [2.05, 4.69) is 25.7 Å². The number of alkyl halides is 3. The maximum absolute atomic E-state index is 12.7. The molecule has 0 radical (unpaired) electrons. The van der Waals surface area contributed by atoms with Crippen molar-refractivity contribution >= 4 is 11.8 Å². The Morgan fingerprint density at radius 3 is 2.36 bits per heavy atom. The van der Waals surface area contributed by atoms with Gasteiger partial charge in [-0.25, -0.2) is 0 Å². The second-order valence-corrected chi connectivity index (χ2v) is 5.11. The molecule has 2 aromatic heterocycles. The van der Waals surface area contributed by atoms with Gasteiger partial charge in [-0.05, 0) is 34.3 Å². The highest BCUT2D eigenvalue weighted by Crippen LogP contribution is 2.31. The van der Waals surface area contributed by atoms with Crippen LogP contribution in [-0.2, 0) is 13.2 Å². The van der Waals surface area contributed by atoms with Gasteiger partial charge in [0, 0.05) is 7.05 Å². The van der Waals surface area contributed by atoms with E-state index >= 15 is 0 Å². The summed E-state index contributed by atoms with van der Waals surface area (Å²) in [6.45, 7) is 0. The van der Waals surface area contributed by atoms with Crippen molar-refractivity contribution in [2.24, 2.45) is 7.05 Å². The van der Waals surface area contributed by atoms with Crippen LogP contribution in [-0.4, -0.2) is 35.0 Å². The highest BCUT2D eigenvalue weighted by Gasteiger charge is 2.37. The average Bonchev–Trinajstić information content (AvgIpc) is 3.07. The molecule has 114 valence electrons. The van der Waals surface area contributed by atoms with Crippen molar-refractivity contribution in [1.29, 1.82) is 0 Å². The Bertz CT molecular complexity index is 781. The van der Waals surface area contributed by atoms with Crippen LogP contribution >= 0.6 is 11.8 Å². The molecule has 0 atom stereocenters. The van der Waals surface area contributed by atoms with Crippen LogP contribution in [0.15, 0.2) is 40.6 Å². The lowest BCUT2D eigenvalue weighted by Crippen LogP contribution is -2.13. The SMILES string of the molecule is Cn1c(Sc2nnnn2-c2ccccc2)nnc1C(F)(F)F. The standard InChI is InChI=1S/C11H8F3N7S/c1-20-8(11(12,13)14)15-16-9(20)22-10-17-18-19-21(10)7-5-3-2-4-6-7/h2-6H,1H3.